The van der Waals surface area contributed by atoms with Crippen LogP contribution in [0.15, 0.2) is 24.3 Å². The summed E-state index contributed by atoms with van der Waals surface area (Å²) in [6.07, 6.45) is -3.09. The number of rotatable bonds is 4. The van der Waals surface area contributed by atoms with E-state index in [9.17, 15) is 18.0 Å². The maximum atomic E-state index is 12.4. The second-order valence-corrected chi connectivity index (χ2v) is 5.27. The Labute approximate surface area is 126 Å². The molecular formula is C15H18F3NO3. The molecule has 1 heterocycles. The first kappa shape index (κ1) is 16.8. The van der Waals surface area contributed by atoms with E-state index in [1.165, 1.54) is 0 Å². The maximum Gasteiger partial charge on any atom is 0.416 e. The minimum absolute atomic E-state index is 0.184. The third-order valence-electron chi connectivity index (χ3n) is 3.44. The van der Waals surface area contributed by atoms with E-state index < -0.39 is 23.4 Å². The van der Waals surface area contributed by atoms with Crippen molar-refractivity contribution in [2.24, 2.45) is 0 Å². The van der Waals surface area contributed by atoms with Crippen molar-refractivity contribution in [3.8, 4) is 0 Å². The molecule has 1 fully saturated rings. The topological polar surface area (TPSA) is 47.6 Å². The fraction of sp³-hybridized carbons (Fsp3) is 0.533. The molecule has 1 aromatic carbocycles. The molecule has 0 aliphatic carbocycles. The quantitative estimate of drug-likeness (QED) is 0.929. The molecule has 0 bridgehead atoms. The molecule has 2 rings (SSSR count). The fourth-order valence-corrected chi connectivity index (χ4v) is 2.14. The number of hydrogen-bond donors (Lipinski definition) is 1. The van der Waals surface area contributed by atoms with Crippen LogP contribution in [-0.4, -0.2) is 31.5 Å². The molecule has 1 N–H and O–H groups in total. The molecule has 1 aliphatic rings. The van der Waals surface area contributed by atoms with Gasteiger partial charge in [0.25, 0.3) is 5.91 Å². The Morgan fingerprint density at radius 3 is 2.36 bits per heavy atom. The van der Waals surface area contributed by atoms with Crippen molar-refractivity contribution in [2.75, 3.05) is 19.8 Å². The predicted molar refractivity (Wildman–Crippen MR) is 73.3 cm³/mol. The Kier molecular flexibility index (Phi) is 5.08. The van der Waals surface area contributed by atoms with E-state index in [0.29, 0.717) is 26.2 Å². The van der Waals surface area contributed by atoms with Crippen molar-refractivity contribution in [3.05, 3.63) is 35.4 Å². The summed E-state index contributed by atoms with van der Waals surface area (Å²) in [5, 5.41) is 2.65. The number of amides is 1. The number of nitrogens with one attached hydrogen (secondary N) is 1. The van der Waals surface area contributed by atoms with Crippen LogP contribution in [0.25, 0.3) is 0 Å². The minimum atomic E-state index is -4.40. The number of halogens is 3. The van der Waals surface area contributed by atoms with Gasteiger partial charge >= 0.3 is 6.18 Å². The lowest BCUT2D eigenvalue weighted by molar-refractivity contribution is -0.257. The molecule has 1 aromatic rings. The third kappa shape index (κ3) is 4.45. The van der Waals surface area contributed by atoms with E-state index in [4.69, 9.17) is 9.47 Å². The van der Waals surface area contributed by atoms with Gasteiger partial charge in [-0.2, -0.15) is 13.2 Å². The second kappa shape index (κ2) is 6.66. The minimum Gasteiger partial charge on any atom is -0.352 e. The Morgan fingerprint density at radius 1 is 1.23 bits per heavy atom. The summed E-state index contributed by atoms with van der Waals surface area (Å²) in [4.78, 5) is 11.9. The molecule has 7 heteroatoms. The van der Waals surface area contributed by atoms with E-state index in [1.54, 1.807) is 6.92 Å². The van der Waals surface area contributed by atoms with Gasteiger partial charge in [-0.05, 0) is 37.6 Å². The molecule has 0 aromatic heterocycles. The van der Waals surface area contributed by atoms with Crippen LogP contribution < -0.4 is 5.32 Å². The van der Waals surface area contributed by atoms with Crippen molar-refractivity contribution in [2.45, 2.75) is 31.7 Å². The van der Waals surface area contributed by atoms with Gasteiger partial charge in [0.1, 0.15) is 0 Å². The normalized spacial score (nSPS) is 18.0. The molecule has 0 saturated carbocycles. The number of alkyl halides is 3. The average Bonchev–Trinajstić information content (AvgIpc) is 2.47. The van der Waals surface area contributed by atoms with Crippen LogP contribution in [0.2, 0.25) is 0 Å². The van der Waals surface area contributed by atoms with Crippen LogP contribution in [0.4, 0.5) is 13.2 Å². The number of benzene rings is 1. The highest BCUT2D eigenvalue weighted by atomic mass is 19.4. The van der Waals surface area contributed by atoms with Crippen LogP contribution >= 0.6 is 0 Å². The lowest BCUT2D eigenvalue weighted by atomic mass is 10.1. The van der Waals surface area contributed by atoms with Crippen LogP contribution in [-0.2, 0) is 15.7 Å². The zero-order chi connectivity index (χ0) is 16.2. The lowest BCUT2D eigenvalue weighted by Crippen LogP contribution is -2.40. The van der Waals surface area contributed by atoms with Crippen LogP contribution in [0, 0.1) is 0 Å². The first-order chi connectivity index (χ1) is 10.3. The Balaban J connectivity index is 1.84. The van der Waals surface area contributed by atoms with Gasteiger partial charge in [-0.1, -0.05) is 0 Å². The summed E-state index contributed by atoms with van der Waals surface area (Å²) in [5.74, 6) is -1.14. The van der Waals surface area contributed by atoms with Crippen molar-refractivity contribution in [3.63, 3.8) is 0 Å². The smallest absolute Gasteiger partial charge is 0.352 e. The highest BCUT2D eigenvalue weighted by molar-refractivity contribution is 5.94. The molecule has 22 heavy (non-hydrogen) atoms. The maximum absolute atomic E-state index is 12.4. The van der Waals surface area contributed by atoms with Gasteiger partial charge in [-0.25, -0.2) is 0 Å². The summed E-state index contributed by atoms with van der Waals surface area (Å²) in [5.41, 5.74) is -0.593. The SMILES string of the molecule is CC1(CCNC(=O)c2ccc(C(F)(F)F)cc2)OCCCO1. The Morgan fingerprint density at radius 2 is 1.82 bits per heavy atom. The molecular weight excluding hydrogens is 299 g/mol. The third-order valence-corrected chi connectivity index (χ3v) is 3.44. The highest BCUT2D eigenvalue weighted by Crippen LogP contribution is 2.29. The van der Waals surface area contributed by atoms with E-state index in [2.05, 4.69) is 5.32 Å². The number of carbonyl (C=O) groups is 1. The second-order valence-electron chi connectivity index (χ2n) is 5.27. The first-order valence-electron chi connectivity index (χ1n) is 7.04. The molecule has 4 nitrogen and oxygen atoms in total. The molecule has 0 radical (unpaired) electrons. The van der Waals surface area contributed by atoms with E-state index >= 15 is 0 Å². The van der Waals surface area contributed by atoms with Gasteiger partial charge in [0, 0.05) is 18.5 Å². The highest BCUT2D eigenvalue weighted by Gasteiger charge is 2.30. The van der Waals surface area contributed by atoms with Crippen LogP contribution in [0.1, 0.15) is 35.7 Å². The first-order valence-corrected chi connectivity index (χ1v) is 7.04. The predicted octanol–water partition coefficient (Wildman–Crippen LogP) is 2.98. The molecule has 1 amide bonds. The van der Waals surface area contributed by atoms with Crippen molar-refractivity contribution in [1.82, 2.24) is 5.32 Å². The summed E-state index contributed by atoms with van der Waals surface area (Å²) < 4.78 is 48.3. The standard InChI is InChI=1S/C15H18F3NO3/c1-14(21-9-2-10-22-14)7-8-19-13(20)11-3-5-12(6-4-11)15(16,17)18/h3-6H,2,7-10H2,1H3,(H,19,20). The Bertz CT molecular complexity index is 508. The van der Waals surface area contributed by atoms with Gasteiger partial charge in [0.15, 0.2) is 5.79 Å². The van der Waals surface area contributed by atoms with Gasteiger partial charge in [0.2, 0.25) is 0 Å². The molecule has 0 unspecified atom stereocenters. The van der Waals surface area contributed by atoms with Gasteiger partial charge in [-0.15, -0.1) is 0 Å². The summed E-state index contributed by atoms with van der Waals surface area (Å²) in [6.45, 7) is 3.35. The number of carbonyl (C=O) groups excluding carboxylic acids is 1. The number of ether oxygens (including phenoxy) is 2. The number of hydrogen-bond acceptors (Lipinski definition) is 3. The lowest BCUT2D eigenvalue weighted by Gasteiger charge is -2.33. The van der Waals surface area contributed by atoms with E-state index in [-0.39, 0.29) is 5.56 Å². The molecule has 1 saturated heterocycles. The summed E-state index contributed by atoms with van der Waals surface area (Å²) in [6, 6.07) is 4.11. The zero-order valence-electron chi connectivity index (χ0n) is 12.2. The molecule has 0 spiro atoms. The van der Waals surface area contributed by atoms with Gasteiger partial charge in [0.05, 0.1) is 18.8 Å². The van der Waals surface area contributed by atoms with Crippen molar-refractivity contribution < 1.29 is 27.4 Å². The van der Waals surface area contributed by atoms with Crippen molar-refractivity contribution >= 4 is 5.91 Å². The summed E-state index contributed by atoms with van der Waals surface area (Å²) in [7, 11) is 0. The average molecular weight is 317 g/mol. The molecule has 0 atom stereocenters. The van der Waals surface area contributed by atoms with Crippen LogP contribution in [0.3, 0.4) is 0 Å². The van der Waals surface area contributed by atoms with E-state index in [0.717, 1.165) is 30.7 Å². The Hall–Kier alpha value is -1.60. The van der Waals surface area contributed by atoms with Gasteiger partial charge < -0.3 is 14.8 Å². The monoisotopic (exact) mass is 317 g/mol. The van der Waals surface area contributed by atoms with Gasteiger partial charge in [-0.3, -0.25) is 4.79 Å². The van der Waals surface area contributed by atoms with E-state index in [1.807, 2.05) is 0 Å². The van der Waals surface area contributed by atoms with Crippen molar-refractivity contribution in [1.29, 1.82) is 0 Å². The van der Waals surface area contributed by atoms with Crippen LogP contribution in [0.5, 0.6) is 0 Å². The largest absolute Gasteiger partial charge is 0.416 e. The summed E-state index contributed by atoms with van der Waals surface area (Å²) >= 11 is 0. The zero-order valence-corrected chi connectivity index (χ0v) is 12.2. The molecule has 122 valence electrons. The fourth-order valence-electron chi connectivity index (χ4n) is 2.14. The molecule has 1 aliphatic heterocycles.